The van der Waals surface area contributed by atoms with Crippen molar-refractivity contribution in [2.45, 2.75) is 49.0 Å². The fourth-order valence-corrected chi connectivity index (χ4v) is 5.16. The maximum atomic E-state index is 12.1. The zero-order valence-electron chi connectivity index (χ0n) is 15.2. The lowest BCUT2D eigenvalue weighted by Gasteiger charge is -2.50. The van der Waals surface area contributed by atoms with Crippen LogP contribution in [0.1, 0.15) is 37.3 Å². The van der Waals surface area contributed by atoms with Crippen LogP contribution in [0.4, 0.5) is 0 Å². The van der Waals surface area contributed by atoms with Crippen molar-refractivity contribution in [1.29, 1.82) is 0 Å². The number of amides is 1. The average molecular weight is 352 g/mol. The zero-order valence-corrected chi connectivity index (χ0v) is 16.0. The van der Waals surface area contributed by atoms with Gasteiger partial charge in [0.15, 0.2) is 0 Å². The van der Waals surface area contributed by atoms with Gasteiger partial charge in [0, 0.05) is 29.8 Å². The van der Waals surface area contributed by atoms with Gasteiger partial charge in [0.05, 0.1) is 0 Å². The molecule has 130 valence electrons. The number of hydrogen-bond acceptors (Lipinski definition) is 2. The summed E-state index contributed by atoms with van der Waals surface area (Å²) in [6.45, 7) is 2.35. The lowest BCUT2D eigenvalue weighted by Crippen LogP contribution is -2.56. The van der Waals surface area contributed by atoms with Crippen LogP contribution in [-0.4, -0.2) is 30.2 Å². The number of rotatable bonds is 2. The van der Waals surface area contributed by atoms with E-state index < -0.39 is 0 Å². The van der Waals surface area contributed by atoms with E-state index in [0.29, 0.717) is 18.4 Å². The molecule has 1 amide bonds. The Morgan fingerprint density at radius 3 is 2.52 bits per heavy atom. The first kappa shape index (κ1) is 16.7. The minimum atomic E-state index is 0.0947. The zero-order chi connectivity index (χ0) is 17.6. The number of piperidine rings is 1. The Bertz CT molecular complexity index is 813. The number of nitrogens with zero attached hydrogens (tertiary/aromatic N) is 1. The lowest BCUT2D eigenvalue weighted by atomic mass is 9.63. The van der Waals surface area contributed by atoms with Gasteiger partial charge in [0.25, 0.3) is 0 Å². The molecule has 2 aliphatic rings. The molecule has 2 aromatic carbocycles. The minimum Gasteiger partial charge on any atom is -0.342 e. The van der Waals surface area contributed by atoms with Crippen molar-refractivity contribution < 1.29 is 4.79 Å². The van der Waals surface area contributed by atoms with E-state index in [1.165, 1.54) is 27.1 Å². The number of carbonyl (C=O) groups is 1. The Hall–Kier alpha value is -1.74. The number of aryl methyl sites for hydroxylation is 1. The van der Waals surface area contributed by atoms with Gasteiger partial charge in [0.1, 0.15) is 0 Å². The van der Waals surface area contributed by atoms with Gasteiger partial charge in [-0.25, -0.2) is 0 Å². The van der Waals surface area contributed by atoms with E-state index in [9.17, 15) is 4.79 Å². The van der Waals surface area contributed by atoms with Crippen LogP contribution in [0.5, 0.6) is 0 Å². The highest BCUT2D eigenvalue weighted by molar-refractivity contribution is 7.98. The molecule has 0 aromatic heterocycles. The number of benzene rings is 2. The highest BCUT2D eigenvalue weighted by Gasteiger charge is 2.46. The van der Waals surface area contributed by atoms with Gasteiger partial charge in [-0.15, -0.1) is 11.8 Å². The van der Waals surface area contributed by atoms with Crippen LogP contribution in [0.25, 0.3) is 11.1 Å². The molecule has 0 radical (unpaired) electrons. The highest BCUT2D eigenvalue weighted by atomic mass is 32.2. The number of likely N-dealkylation sites (N-methyl/N-ethyl adjacent to an activating group) is 1. The minimum absolute atomic E-state index is 0.0947. The maximum absolute atomic E-state index is 12.1. The first-order valence-electron chi connectivity index (χ1n) is 9.06. The van der Waals surface area contributed by atoms with E-state index in [2.05, 4.69) is 55.6 Å². The van der Waals surface area contributed by atoms with E-state index in [0.717, 1.165) is 19.3 Å². The second kappa shape index (κ2) is 6.21. The Morgan fingerprint density at radius 2 is 1.80 bits per heavy atom. The molecule has 0 bridgehead atoms. The number of thioether (sulfide) groups is 1. The predicted octanol–water partition coefficient (Wildman–Crippen LogP) is 4.90. The van der Waals surface area contributed by atoms with E-state index in [4.69, 9.17) is 0 Å². The molecular formula is C22H25NOS. The summed E-state index contributed by atoms with van der Waals surface area (Å²) in [4.78, 5) is 15.4. The third-order valence-corrected chi connectivity index (χ3v) is 7.03. The summed E-state index contributed by atoms with van der Waals surface area (Å²) in [5.41, 5.74) is 5.59. The normalized spacial score (nSPS) is 25.5. The molecule has 1 heterocycles. The van der Waals surface area contributed by atoms with Crippen molar-refractivity contribution in [3.63, 3.8) is 0 Å². The second-order valence-corrected chi connectivity index (χ2v) is 8.46. The average Bonchev–Trinajstić information content (AvgIpc) is 2.65. The third kappa shape index (κ3) is 2.69. The van der Waals surface area contributed by atoms with Crippen molar-refractivity contribution >= 4 is 17.7 Å². The summed E-state index contributed by atoms with van der Waals surface area (Å²) in [6, 6.07) is 16.1. The van der Waals surface area contributed by atoms with Crippen LogP contribution in [-0.2, 0) is 16.6 Å². The van der Waals surface area contributed by atoms with E-state index in [1.54, 1.807) is 11.8 Å². The molecule has 0 saturated carbocycles. The van der Waals surface area contributed by atoms with Crippen LogP contribution in [0.2, 0.25) is 0 Å². The second-order valence-electron chi connectivity index (χ2n) is 7.58. The molecule has 3 heteroatoms. The predicted molar refractivity (Wildman–Crippen MR) is 105 cm³/mol. The molecule has 25 heavy (non-hydrogen) atoms. The molecule has 0 N–H and O–H groups in total. The van der Waals surface area contributed by atoms with Crippen LogP contribution < -0.4 is 0 Å². The van der Waals surface area contributed by atoms with Crippen LogP contribution in [0, 0.1) is 0 Å². The van der Waals surface area contributed by atoms with Gasteiger partial charge in [0.2, 0.25) is 5.91 Å². The first-order valence-corrected chi connectivity index (χ1v) is 10.3. The SMILES string of the molecule is CSc1ccc(-c2ccc3c(c2)CC[C@H]2N(C)C(=O)CC[C@]32C)cc1. The van der Waals surface area contributed by atoms with Crippen molar-refractivity contribution in [2.24, 2.45) is 0 Å². The molecule has 2 atom stereocenters. The van der Waals surface area contributed by atoms with Crippen LogP contribution in [0.3, 0.4) is 0 Å². The Labute approximate surface area is 154 Å². The number of fused-ring (bicyclic) bond motifs is 3. The fraction of sp³-hybridized carbons (Fsp3) is 0.409. The van der Waals surface area contributed by atoms with Gasteiger partial charge in [-0.05, 0) is 59.9 Å². The lowest BCUT2D eigenvalue weighted by molar-refractivity contribution is -0.138. The molecule has 1 fully saturated rings. The summed E-state index contributed by atoms with van der Waals surface area (Å²) < 4.78 is 0. The quantitative estimate of drug-likeness (QED) is 0.717. The Kier molecular flexibility index (Phi) is 4.15. The van der Waals surface area contributed by atoms with Gasteiger partial charge in [-0.3, -0.25) is 4.79 Å². The molecular weight excluding hydrogens is 326 g/mol. The summed E-state index contributed by atoms with van der Waals surface area (Å²) in [7, 11) is 1.98. The largest absolute Gasteiger partial charge is 0.342 e. The smallest absolute Gasteiger partial charge is 0.222 e. The molecule has 0 unspecified atom stereocenters. The summed E-state index contributed by atoms with van der Waals surface area (Å²) in [5.74, 6) is 0.302. The molecule has 0 spiro atoms. The van der Waals surface area contributed by atoms with Gasteiger partial charge in [-0.2, -0.15) is 0 Å². The van der Waals surface area contributed by atoms with Crippen LogP contribution in [0.15, 0.2) is 47.4 Å². The fourth-order valence-electron chi connectivity index (χ4n) is 4.75. The Morgan fingerprint density at radius 1 is 1.08 bits per heavy atom. The molecule has 2 aromatic rings. The van der Waals surface area contributed by atoms with Gasteiger partial charge < -0.3 is 4.90 Å². The van der Waals surface area contributed by atoms with E-state index in [1.807, 2.05) is 11.9 Å². The molecule has 1 aliphatic heterocycles. The molecule has 2 nitrogen and oxygen atoms in total. The molecule has 4 rings (SSSR count). The van der Waals surface area contributed by atoms with Crippen molar-refractivity contribution in [3.8, 4) is 11.1 Å². The summed E-state index contributed by atoms with van der Waals surface area (Å²) in [5, 5.41) is 0. The maximum Gasteiger partial charge on any atom is 0.222 e. The van der Waals surface area contributed by atoms with Crippen LogP contribution >= 0.6 is 11.8 Å². The number of likely N-dealkylation sites (tertiary alicyclic amines) is 1. The van der Waals surface area contributed by atoms with E-state index in [-0.39, 0.29) is 5.41 Å². The van der Waals surface area contributed by atoms with Crippen molar-refractivity contribution in [3.05, 3.63) is 53.6 Å². The number of hydrogen-bond donors (Lipinski definition) is 0. The summed E-state index contributed by atoms with van der Waals surface area (Å²) in [6.07, 6.45) is 5.87. The number of carbonyl (C=O) groups excluding carboxylic acids is 1. The van der Waals surface area contributed by atoms with Gasteiger partial charge in [-0.1, -0.05) is 37.3 Å². The molecule has 1 saturated heterocycles. The van der Waals surface area contributed by atoms with Gasteiger partial charge >= 0.3 is 0 Å². The standard InChI is InChI=1S/C22H25NOS/c1-22-13-12-21(24)23(2)20(22)11-7-17-14-16(6-10-19(17)22)15-4-8-18(25-3)9-5-15/h4-6,8-10,14,20H,7,11-13H2,1-3H3/t20-,22-/m1/s1. The first-order chi connectivity index (χ1) is 12.0. The molecule has 1 aliphatic carbocycles. The monoisotopic (exact) mass is 351 g/mol. The summed E-state index contributed by atoms with van der Waals surface area (Å²) >= 11 is 1.78. The highest BCUT2D eigenvalue weighted by Crippen LogP contribution is 2.46. The Balaban J connectivity index is 1.71. The van der Waals surface area contributed by atoms with Crippen molar-refractivity contribution in [1.82, 2.24) is 4.90 Å². The van der Waals surface area contributed by atoms with E-state index >= 15 is 0 Å². The topological polar surface area (TPSA) is 20.3 Å². The third-order valence-electron chi connectivity index (χ3n) is 6.29. The van der Waals surface area contributed by atoms with Crippen molar-refractivity contribution in [2.75, 3.05) is 13.3 Å².